The Kier molecular flexibility index (Phi) is 3.64. The van der Waals surface area contributed by atoms with Gasteiger partial charge >= 0.3 is 0 Å². The second-order valence-electron chi connectivity index (χ2n) is 5.00. The number of halogens is 2. The Balaban J connectivity index is 2.38. The summed E-state index contributed by atoms with van der Waals surface area (Å²) in [6.45, 7) is 3.79. The van der Waals surface area contributed by atoms with Gasteiger partial charge in [-0.3, -0.25) is 4.57 Å². The van der Waals surface area contributed by atoms with E-state index in [9.17, 15) is 4.39 Å². The minimum absolute atomic E-state index is 0.284. The van der Waals surface area contributed by atoms with Crippen molar-refractivity contribution in [2.24, 2.45) is 0 Å². The standard InChI is InChI=1S/C16H15ClFN3/c1-10-4-3-5-12(18)15(10)21-14(8-9-17)20-13-7-6-11(2)19-16(13)21/h3-7H,8-9H2,1-2H3. The number of alkyl halides is 1. The molecule has 1 aromatic carbocycles. The smallest absolute Gasteiger partial charge is 0.165 e. The number of rotatable bonds is 3. The lowest BCUT2D eigenvalue weighted by Gasteiger charge is -2.12. The van der Waals surface area contributed by atoms with Crippen molar-refractivity contribution in [1.82, 2.24) is 14.5 Å². The molecular weight excluding hydrogens is 289 g/mol. The van der Waals surface area contributed by atoms with E-state index in [1.54, 1.807) is 10.6 Å². The van der Waals surface area contributed by atoms with E-state index in [2.05, 4.69) is 9.97 Å². The SMILES string of the molecule is Cc1ccc2nc(CCCl)n(-c3c(C)cccc3F)c2n1. The molecule has 0 bridgehead atoms. The monoisotopic (exact) mass is 303 g/mol. The van der Waals surface area contributed by atoms with Crippen LogP contribution in [0.5, 0.6) is 0 Å². The predicted molar refractivity (Wildman–Crippen MR) is 82.7 cm³/mol. The lowest BCUT2D eigenvalue weighted by atomic mass is 10.2. The van der Waals surface area contributed by atoms with Crippen LogP contribution in [0.2, 0.25) is 0 Å². The number of nitrogens with zero attached hydrogens (tertiary/aromatic N) is 3. The molecule has 3 aromatic rings. The lowest BCUT2D eigenvalue weighted by Crippen LogP contribution is -2.07. The van der Waals surface area contributed by atoms with Crippen LogP contribution in [0.4, 0.5) is 4.39 Å². The topological polar surface area (TPSA) is 30.7 Å². The minimum atomic E-state index is -0.284. The van der Waals surface area contributed by atoms with Crippen LogP contribution in [0, 0.1) is 19.7 Å². The lowest BCUT2D eigenvalue weighted by molar-refractivity contribution is 0.615. The number of para-hydroxylation sites is 1. The van der Waals surface area contributed by atoms with E-state index in [1.165, 1.54) is 6.07 Å². The summed E-state index contributed by atoms with van der Waals surface area (Å²) in [7, 11) is 0. The average molecular weight is 304 g/mol. The Morgan fingerprint density at radius 1 is 1.14 bits per heavy atom. The van der Waals surface area contributed by atoms with Crippen molar-refractivity contribution >= 4 is 22.8 Å². The van der Waals surface area contributed by atoms with Crippen molar-refractivity contribution in [3.05, 3.63) is 53.2 Å². The largest absolute Gasteiger partial charge is 0.277 e. The van der Waals surface area contributed by atoms with Gasteiger partial charge in [-0.05, 0) is 37.6 Å². The van der Waals surface area contributed by atoms with E-state index >= 15 is 0 Å². The summed E-state index contributed by atoms with van der Waals surface area (Å²) in [6.07, 6.45) is 0.560. The van der Waals surface area contributed by atoms with Gasteiger partial charge < -0.3 is 0 Å². The van der Waals surface area contributed by atoms with E-state index in [-0.39, 0.29) is 5.82 Å². The van der Waals surface area contributed by atoms with Gasteiger partial charge in [0.25, 0.3) is 0 Å². The van der Waals surface area contributed by atoms with Crippen LogP contribution in [0.25, 0.3) is 16.9 Å². The third-order valence-electron chi connectivity index (χ3n) is 3.44. The fourth-order valence-corrected chi connectivity index (χ4v) is 2.66. The number of pyridine rings is 1. The summed E-state index contributed by atoms with van der Waals surface area (Å²) in [5.74, 6) is 0.871. The molecule has 0 saturated heterocycles. The first-order chi connectivity index (χ1) is 10.1. The summed E-state index contributed by atoms with van der Waals surface area (Å²) in [5, 5.41) is 0. The molecule has 0 spiro atoms. The highest BCUT2D eigenvalue weighted by molar-refractivity contribution is 6.17. The number of fused-ring (bicyclic) bond motifs is 1. The third kappa shape index (κ3) is 2.40. The van der Waals surface area contributed by atoms with E-state index in [0.717, 1.165) is 22.6 Å². The Labute approximate surface area is 127 Å². The number of imidazole rings is 1. The van der Waals surface area contributed by atoms with Gasteiger partial charge in [-0.1, -0.05) is 12.1 Å². The fraction of sp³-hybridized carbons (Fsp3) is 0.250. The van der Waals surface area contributed by atoms with Crippen LogP contribution in [0.15, 0.2) is 30.3 Å². The quantitative estimate of drug-likeness (QED) is 0.686. The van der Waals surface area contributed by atoms with Gasteiger partial charge in [0.15, 0.2) is 5.65 Å². The molecule has 0 N–H and O–H groups in total. The van der Waals surface area contributed by atoms with Gasteiger partial charge in [-0.15, -0.1) is 11.6 Å². The van der Waals surface area contributed by atoms with Gasteiger partial charge in [0, 0.05) is 18.0 Å². The Morgan fingerprint density at radius 2 is 1.95 bits per heavy atom. The second-order valence-corrected chi connectivity index (χ2v) is 5.38. The third-order valence-corrected chi connectivity index (χ3v) is 3.63. The fourth-order valence-electron chi connectivity index (χ4n) is 2.49. The van der Waals surface area contributed by atoms with Crippen LogP contribution in [-0.4, -0.2) is 20.4 Å². The Hall–Kier alpha value is -1.94. The molecule has 21 heavy (non-hydrogen) atoms. The first kappa shape index (κ1) is 14.0. The molecule has 2 heterocycles. The van der Waals surface area contributed by atoms with Crippen molar-refractivity contribution in [3.63, 3.8) is 0 Å². The number of aromatic nitrogens is 3. The maximum Gasteiger partial charge on any atom is 0.165 e. The second kappa shape index (κ2) is 5.45. The Morgan fingerprint density at radius 3 is 2.67 bits per heavy atom. The number of hydrogen-bond donors (Lipinski definition) is 0. The van der Waals surface area contributed by atoms with Crippen molar-refractivity contribution in [1.29, 1.82) is 0 Å². The Bertz CT molecular complexity index is 790. The molecule has 0 saturated carbocycles. The van der Waals surface area contributed by atoms with Gasteiger partial charge in [-0.2, -0.15) is 0 Å². The first-order valence-electron chi connectivity index (χ1n) is 6.78. The van der Waals surface area contributed by atoms with Crippen LogP contribution in [-0.2, 0) is 6.42 Å². The molecule has 0 atom stereocenters. The summed E-state index contributed by atoms with van der Waals surface area (Å²) >= 11 is 5.87. The molecule has 5 heteroatoms. The first-order valence-corrected chi connectivity index (χ1v) is 7.31. The van der Waals surface area contributed by atoms with E-state index in [0.29, 0.717) is 23.6 Å². The van der Waals surface area contributed by atoms with Crippen molar-refractivity contribution < 1.29 is 4.39 Å². The van der Waals surface area contributed by atoms with Crippen molar-refractivity contribution in [3.8, 4) is 5.69 Å². The maximum atomic E-state index is 14.4. The molecule has 0 aliphatic carbocycles. The molecule has 0 unspecified atom stereocenters. The van der Waals surface area contributed by atoms with Gasteiger partial charge in [0.1, 0.15) is 17.2 Å². The molecule has 2 aromatic heterocycles. The van der Waals surface area contributed by atoms with E-state index in [4.69, 9.17) is 11.6 Å². The molecule has 3 nitrogen and oxygen atoms in total. The highest BCUT2D eigenvalue weighted by atomic mass is 35.5. The highest BCUT2D eigenvalue weighted by Crippen LogP contribution is 2.25. The molecule has 0 aliphatic heterocycles. The normalized spacial score (nSPS) is 11.2. The van der Waals surface area contributed by atoms with Crippen molar-refractivity contribution in [2.45, 2.75) is 20.3 Å². The highest BCUT2D eigenvalue weighted by Gasteiger charge is 2.17. The zero-order valence-electron chi connectivity index (χ0n) is 11.9. The summed E-state index contributed by atoms with van der Waals surface area (Å²) in [4.78, 5) is 9.08. The van der Waals surface area contributed by atoms with E-state index in [1.807, 2.05) is 32.0 Å². The van der Waals surface area contributed by atoms with Crippen LogP contribution < -0.4 is 0 Å². The summed E-state index contributed by atoms with van der Waals surface area (Å²) in [5.41, 5.74) is 3.63. The zero-order valence-corrected chi connectivity index (χ0v) is 12.7. The molecular formula is C16H15ClFN3. The van der Waals surface area contributed by atoms with Crippen LogP contribution in [0.3, 0.4) is 0 Å². The van der Waals surface area contributed by atoms with Crippen molar-refractivity contribution in [2.75, 3.05) is 5.88 Å². The number of benzene rings is 1. The van der Waals surface area contributed by atoms with Gasteiger partial charge in [0.05, 0.1) is 5.69 Å². The van der Waals surface area contributed by atoms with Crippen LogP contribution in [0.1, 0.15) is 17.1 Å². The maximum absolute atomic E-state index is 14.4. The zero-order chi connectivity index (χ0) is 15.0. The molecule has 3 rings (SSSR count). The van der Waals surface area contributed by atoms with E-state index < -0.39 is 0 Å². The molecule has 108 valence electrons. The molecule has 0 fully saturated rings. The molecule has 0 radical (unpaired) electrons. The number of hydrogen-bond acceptors (Lipinski definition) is 2. The van der Waals surface area contributed by atoms with Crippen LogP contribution >= 0.6 is 11.6 Å². The average Bonchev–Trinajstić information content (AvgIpc) is 2.77. The molecule has 0 aliphatic rings. The summed E-state index contributed by atoms with van der Waals surface area (Å²) in [6, 6.07) is 8.84. The van der Waals surface area contributed by atoms with Gasteiger partial charge in [-0.25, -0.2) is 14.4 Å². The minimum Gasteiger partial charge on any atom is -0.277 e. The predicted octanol–water partition coefficient (Wildman–Crippen LogP) is 3.96. The summed E-state index contributed by atoms with van der Waals surface area (Å²) < 4.78 is 16.1. The number of aryl methyl sites for hydroxylation is 3. The molecule has 0 amide bonds. The van der Waals surface area contributed by atoms with Gasteiger partial charge in [0.2, 0.25) is 0 Å².